The summed E-state index contributed by atoms with van der Waals surface area (Å²) in [6.07, 6.45) is 1.00. The first kappa shape index (κ1) is 12.8. The van der Waals surface area contributed by atoms with E-state index in [1.165, 1.54) is 16.7 Å². The summed E-state index contributed by atoms with van der Waals surface area (Å²) < 4.78 is 0. The van der Waals surface area contributed by atoms with Crippen molar-refractivity contribution in [3.8, 4) is 0 Å². The SMILES string of the molecule is Cc1ccc(C[C@H](c2ccccc2)[C@H](C)N)cc1. The molecule has 0 saturated carbocycles. The number of nitrogens with two attached hydrogens (primary N) is 1. The summed E-state index contributed by atoms with van der Waals surface area (Å²) in [4.78, 5) is 0. The molecule has 18 heavy (non-hydrogen) atoms. The summed E-state index contributed by atoms with van der Waals surface area (Å²) in [5.41, 5.74) is 10.1. The second-order valence-electron chi connectivity index (χ2n) is 5.07. The molecule has 0 radical (unpaired) electrons. The third-order valence-electron chi connectivity index (χ3n) is 3.44. The normalized spacial score (nSPS) is 14.2. The monoisotopic (exact) mass is 239 g/mol. The molecule has 0 unspecified atom stereocenters. The van der Waals surface area contributed by atoms with Crippen LogP contribution in [-0.4, -0.2) is 6.04 Å². The molecule has 1 heteroatoms. The summed E-state index contributed by atoms with van der Waals surface area (Å²) in [7, 11) is 0. The van der Waals surface area contributed by atoms with Crippen LogP contribution >= 0.6 is 0 Å². The van der Waals surface area contributed by atoms with Crippen LogP contribution in [0.4, 0.5) is 0 Å². The number of aryl methyl sites for hydroxylation is 1. The van der Waals surface area contributed by atoms with E-state index in [1.807, 2.05) is 6.07 Å². The van der Waals surface area contributed by atoms with Crippen LogP contribution in [0.15, 0.2) is 54.6 Å². The minimum absolute atomic E-state index is 0.161. The highest BCUT2D eigenvalue weighted by Gasteiger charge is 2.16. The number of benzene rings is 2. The second-order valence-corrected chi connectivity index (χ2v) is 5.07. The standard InChI is InChI=1S/C17H21N/c1-13-8-10-15(11-9-13)12-17(14(2)18)16-6-4-3-5-7-16/h3-11,14,17H,12,18H2,1-2H3/t14-,17-/m0/s1. The van der Waals surface area contributed by atoms with Gasteiger partial charge in [0, 0.05) is 12.0 Å². The van der Waals surface area contributed by atoms with E-state index in [0.29, 0.717) is 5.92 Å². The van der Waals surface area contributed by atoms with Crippen LogP contribution in [0.1, 0.15) is 29.5 Å². The zero-order valence-electron chi connectivity index (χ0n) is 11.1. The molecule has 0 fully saturated rings. The largest absolute Gasteiger partial charge is 0.327 e. The fourth-order valence-electron chi connectivity index (χ4n) is 2.29. The molecule has 0 aromatic heterocycles. The lowest BCUT2D eigenvalue weighted by atomic mass is 9.87. The topological polar surface area (TPSA) is 26.0 Å². The van der Waals surface area contributed by atoms with E-state index >= 15 is 0 Å². The smallest absolute Gasteiger partial charge is 0.00825 e. The lowest BCUT2D eigenvalue weighted by molar-refractivity contribution is 0.565. The number of rotatable bonds is 4. The molecule has 1 nitrogen and oxygen atoms in total. The lowest BCUT2D eigenvalue weighted by Crippen LogP contribution is -2.26. The van der Waals surface area contributed by atoms with Gasteiger partial charge in [0.1, 0.15) is 0 Å². The van der Waals surface area contributed by atoms with E-state index in [0.717, 1.165) is 6.42 Å². The maximum Gasteiger partial charge on any atom is 0.00825 e. The Morgan fingerprint density at radius 2 is 1.56 bits per heavy atom. The summed E-state index contributed by atoms with van der Waals surface area (Å²) in [6, 6.07) is 19.4. The van der Waals surface area contributed by atoms with Crippen molar-refractivity contribution in [2.75, 3.05) is 0 Å². The molecule has 0 saturated heterocycles. The van der Waals surface area contributed by atoms with Crippen LogP contribution in [0.2, 0.25) is 0 Å². The summed E-state index contributed by atoms with van der Waals surface area (Å²) in [5.74, 6) is 0.383. The van der Waals surface area contributed by atoms with Crippen molar-refractivity contribution < 1.29 is 0 Å². The van der Waals surface area contributed by atoms with Gasteiger partial charge in [-0.15, -0.1) is 0 Å². The average Bonchev–Trinajstić information content (AvgIpc) is 2.38. The fourth-order valence-corrected chi connectivity index (χ4v) is 2.29. The molecule has 0 bridgehead atoms. The molecule has 0 amide bonds. The van der Waals surface area contributed by atoms with Crippen molar-refractivity contribution >= 4 is 0 Å². The second kappa shape index (κ2) is 5.83. The van der Waals surface area contributed by atoms with Gasteiger partial charge in [-0.1, -0.05) is 60.2 Å². The Balaban J connectivity index is 2.19. The molecule has 2 N–H and O–H groups in total. The predicted molar refractivity (Wildman–Crippen MR) is 77.7 cm³/mol. The molecule has 2 aromatic rings. The molecule has 2 aromatic carbocycles. The molecule has 0 spiro atoms. The minimum Gasteiger partial charge on any atom is -0.327 e. The van der Waals surface area contributed by atoms with Crippen LogP contribution in [-0.2, 0) is 6.42 Å². The first-order valence-electron chi connectivity index (χ1n) is 6.53. The van der Waals surface area contributed by atoms with Gasteiger partial charge in [-0.05, 0) is 31.4 Å². The van der Waals surface area contributed by atoms with Gasteiger partial charge in [0.2, 0.25) is 0 Å². The average molecular weight is 239 g/mol. The predicted octanol–water partition coefficient (Wildman–Crippen LogP) is 3.67. The van der Waals surface area contributed by atoms with Crippen molar-refractivity contribution in [1.29, 1.82) is 0 Å². The fraction of sp³-hybridized carbons (Fsp3) is 0.294. The van der Waals surface area contributed by atoms with E-state index in [4.69, 9.17) is 5.73 Å². The van der Waals surface area contributed by atoms with Gasteiger partial charge < -0.3 is 5.73 Å². The van der Waals surface area contributed by atoms with Gasteiger partial charge in [0.25, 0.3) is 0 Å². The first-order chi connectivity index (χ1) is 8.66. The minimum atomic E-state index is 0.161. The Bertz CT molecular complexity index is 471. The van der Waals surface area contributed by atoms with Crippen LogP contribution in [0.5, 0.6) is 0 Å². The molecule has 0 aliphatic rings. The maximum atomic E-state index is 6.15. The van der Waals surface area contributed by atoms with Crippen molar-refractivity contribution in [3.63, 3.8) is 0 Å². The van der Waals surface area contributed by atoms with Gasteiger partial charge >= 0.3 is 0 Å². The summed E-state index contributed by atoms with van der Waals surface area (Å²) in [6.45, 7) is 4.20. The van der Waals surface area contributed by atoms with Crippen molar-refractivity contribution in [2.45, 2.75) is 32.2 Å². The zero-order valence-corrected chi connectivity index (χ0v) is 11.1. The van der Waals surface area contributed by atoms with Gasteiger partial charge in [0.15, 0.2) is 0 Å². The number of hydrogen-bond acceptors (Lipinski definition) is 1. The van der Waals surface area contributed by atoms with Crippen LogP contribution < -0.4 is 5.73 Å². The third-order valence-corrected chi connectivity index (χ3v) is 3.44. The Morgan fingerprint density at radius 1 is 0.944 bits per heavy atom. The van der Waals surface area contributed by atoms with E-state index < -0.39 is 0 Å². The summed E-state index contributed by atoms with van der Waals surface area (Å²) in [5, 5.41) is 0. The molecule has 0 heterocycles. The van der Waals surface area contributed by atoms with E-state index in [-0.39, 0.29) is 6.04 Å². The molecular formula is C17H21N. The van der Waals surface area contributed by atoms with Gasteiger partial charge in [-0.3, -0.25) is 0 Å². The Kier molecular flexibility index (Phi) is 4.16. The number of hydrogen-bond donors (Lipinski definition) is 1. The van der Waals surface area contributed by atoms with E-state index in [1.54, 1.807) is 0 Å². The zero-order chi connectivity index (χ0) is 13.0. The maximum absolute atomic E-state index is 6.15. The molecule has 2 rings (SSSR count). The Morgan fingerprint density at radius 3 is 2.11 bits per heavy atom. The summed E-state index contributed by atoms with van der Waals surface area (Å²) >= 11 is 0. The van der Waals surface area contributed by atoms with Gasteiger partial charge in [-0.2, -0.15) is 0 Å². The van der Waals surface area contributed by atoms with Crippen LogP contribution in [0.3, 0.4) is 0 Å². The quantitative estimate of drug-likeness (QED) is 0.865. The molecule has 2 atom stereocenters. The highest BCUT2D eigenvalue weighted by molar-refractivity contribution is 5.27. The first-order valence-corrected chi connectivity index (χ1v) is 6.53. The van der Waals surface area contributed by atoms with Crippen LogP contribution in [0.25, 0.3) is 0 Å². The van der Waals surface area contributed by atoms with E-state index in [9.17, 15) is 0 Å². The van der Waals surface area contributed by atoms with E-state index in [2.05, 4.69) is 62.4 Å². The van der Waals surface area contributed by atoms with Gasteiger partial charge in [-0.25, -0.2) is 0 Å². The molecule has 0 aliphatic heterocycles. The van der Waals surface area contributed by atoms with Crippen LogP contribution in [0, 0.1) is 6.92 Å². The van der Waals surface area contributed by atoms with Gasteiger partial charge in [0.05, 0.1) is 0 Å². The highest BCUT2D eigenvalue weighted by atomic mass is 14.6. The Labute approximate surface area is 110 Å². The van der Waals surface area contributed by atoms with Crippen molar-refractivity contribution in [1.82, 2.24) is 0 Å². The molecular weight excluding hydrogens is 218 g/mol. The van der Waals surface area contributed by atoms with Crippen molar-refractivity contribution in [2.24, 2.45) is 5.73 Å². The Hall–Kier alpha value is -1.60. The molecule has 94 valence electrons. The van der Waals surface area contributed by atoms with Crippen molar-refractivity contribution in [3.05, 3.63) is 71.3 Å². The molecule has 0 aliphatic carbocycles. The third kappa shape index (κ3) is 3.21. The highest BCUT2D eigenvalue weighted by Crippen LogP contribution is 2.23. The lowest BCUT2D eigenvalue weighted by Gasteiger charge is -2.21.